The van der Waals surface area contributed by atoms with Crippen molar-refractivity contribution in [1.29, 1.82) is 0 Å². The number of nitrogens with zero attached hydrogens (tertiary/aromatic N) is 2. The highest BCUT2D eigenvalue weighted by atomic mass is 16.2. The minimum Gasteiger partial charge on any atom is -0.348 e. The second-order valence-corrected chi connectivity index (χ2v) is 6.25. The molecule has 0 spiro atoms. The van der Waals surface area contributed by atoms with Crippen molar-refractivity contribution < 1.29 is 4.79 Å². The Morgan fingerprint density at radius 1 is 1.14 bits per heavy atom. The van der Waals surface area contributed by atoms with E-state index >= 15 is 0 Å². The number of aromatic nitrogens is 2. The highest BCUT2D eigenvalue weighted by molar-refractivity contribution is 5.92. The van der Waals surface area contributed by atoms with Crippen LogP contribution in [0.5, 0.6) is 0 Å². The van der Waals surface area contributed by atoms with Gasteiger partial charge in [0.25, 0.3) is 5.91 Å². The molecule has 5 heteroatoms. The third kappa shape index (κ3) is 4.55. The van der Waals surface area contributed by atoms with Gasteiger partial charge in [-0.25, -0.2) is 9.97 Å². The second-order valence-electron chi connectivity index (χ2n) is 6.25. The van der Waals surface area contributed by atoms with Crippen LogP contribution < -0.4 is 10.6 Å². The number of anilines is 1. The summed E-state index contributed by atoms with van der Waals surface area (Å²) in [6.07, 6.45) is 1.59. The summed E-state index contributed by atoms with van der Waals surface area (Å²) in [4.78, 5) is 20.6. The normalized spacial score (nSPS) is 12.5. The van der Waals surface area contributed by atoms with Crippen LogP contribution >= 0.6 is 0 Å². The van der Waals surface area contributed by atoms with Gasteiger partial charge in [0.2, 0.25) is 5.95 Å². The minimum atomic E-state index is -0.299. The summed E-state index contributed by atoms with van der Waals surface area (Å²) in [5.41, 5.74) is 1.19. The molecule has 1 unspecified atom stereocenters. The van der Waals surface area contributed by atoms with Gasteiger partial charge >= 0.3 is 0 Å². The zero-order valence-corrected chi connectivity index (χ0v) is 13.4. The van der Waals surface area contributed by atoms with E-state index in [1.165, 1.54) is 0 Å². The monoisotopic (exact) mass is 298 g/mol. The summed E-state index contributed by atoms with van der Waals surface area (Å²) in [6.45, 7) is 7.83. The summed E-state index contributed by atoms with van der Waals surface area (Å²) in [6, 6.07) is 11.7. The Morgan fingerprint density at radius 3 is 2.45 bits per heavy atom. The van der Waals surface area contributed by atoms with Crippen LogP contribution in [0.15, 0.2) is 42.6 Å². The minimum absolute atomic E-state index is 0.0575. The predicted octanol–water partition coefficient (Wildman–Crippen LogP) is 3.18. The maximum Gasteiger partial charge on any atom is 0.270 e. The Bertz CT molecular complexity index is 635. The van der Waals surface area contributed by atoms with Gasteiger partial charge in [-0.3, -0.25) is 4.79 Å². The first-order valence-corrected chi connectivity index (χ1v) is 7.32. The molecule has 1 heterocycles. The van der Waals surface area contributed by atoms with Gasteiger partial charge in [-0.15, -0.1) is 0 Å². The number of hydrogen-bond acceptors (Lipinski definition) is 4. The van der Waals surface area contributed by atoms with Crippen molar-refractivity contribution in [1.82, 2.24) is 15.3 Å². The Labute approximate surface area is 131 Å². The van der Waals surface area contributed by atoms with Gasteiger partial charge in [-0.05, 0) is 39.3 Å². The van der Waals surface area contributed by atoms with E-state index in [9.17, 15) is 4.79 Å². The van der Waals surface area contributed by atoms with Crippen molar-refractivity contribution in [3.63, 3.8) is 0 Å². The van der Waals surface area contributed by atoms with E-state index < -0.39 is 0 Å². The molecule has 0 bridgehead atoms. The van der Waals surface area contributed by atoms with Crippen molar-refractivity contribution in [3.05, 3.63) is 53.9 Å². The average Bonchev–Trinajstić information content (AvgIpc) is 2.46. The molecule has 2 N–H and O–H groups in total. The van der Waals surface area contributed by atoms with Crippen molar-refractivity contribution in [3.8, 4) is 0 Å². The Morgan fingerprint density at radius 2 is 1.82 bits per heavy atom. The SMILES string of the molecule is CC(Nc1nccc(C(=O)NC(C)(C)C)n1)c1ccccc1. The highest BCUT2D eigenvalue weighted by Crippen LogP contribution is 2.16. The third-order valence-electron chi connectivity index (χ3n) is 3.02. The number of benzene rings is 1. The van der Waals surface area contributed by atoms with Gasteiger partial charge in [0, 0.05) is 11.7 Å². The van der Waals surface area contributed by atoms with Gasteiger partial charge in [0.1, 0.15) is 5.69 Å². The molecule has 1 aromatic carbocycles. The topological polar surface area (TPSA) is 66.9 Å². The number of rotatable bonds is 4. The predicted molar refractivity (Wildman–Crippen MR) is 87.7 cm³/mol. The lowest BCUT2D eigenvalue weighted by atomic mass is 10.1. The summed E-state index contributed by atoms with van der Waals surface area (Å²) in [7, 11) is 0. The lowest BCUT2D eigenvalue weighted by Gasteiger charge is -2.20. The Balaban J connectivity index is 2.10. The lowest BCUT2D eigenvalue weighted by molar-refractivity contribution is 0.0914. The fraction of sp³-hybridized carbons (Fsp3) is 0.353. The van der Waals surface area contributed by atoms with E-state index in [0.29, 0.717) is 11.6 Å². The number of amides is 1. The molecular formula is C17H22N4O. The molecule has 2 aromatic rings. The molecule has 1 amide bonds. The van der Waals surface area contributed by atoms with Crippen molar-refractivity contribution in [2.45, 2.75) is 39.3 Å². The van der Waals surface area contributed by atoms with Crippen LogP contribution in [0.1, 0.15) is 49.8 Å². The maximum absolute atomic E-state index is 12.1. The molecule has 2 rings (SSSR count). The molecule has 0 saturated carbocycles. The molecule has 0 aliphatic rings. The van der Waals surface area contributed by atoms with Gasteiger partial charge in [0.15, 0.2) is 0 Å². The zero-order chi connectivity index (χ0) is 16.2. The van der Waals surface area contributed by atoms with Gasteiger partial charge in [0.05, 0.1) is 6.04 Å². The molecule has 0 saturated heterocycles. The van der Waals surface area contributed by atoms with E-state index in [4.69, 9.17) is 0 Å². The van der Waals surface area contributed by atoms with Crippen LogP contribution in [0, 0.1) is 0 Å². The van der Waals surface area contributed by atoms with Crippen LogP contribution in [0.4, 0.5) is 5.95 Å². The van der Waals surface area contributed by atoms with E-state index in [1.807, 2.05) is 58.0 Å². The second kappa shape index (κ2) is 6.56. The first kappa shape index (κ1) is 15.9. The van der Waals surface area contributed by atoms with Crippen molar-refractivity contribution in [2.75, 3.05) is 5.32 Å². The standard InChI is InChI=1S/C17H22N4O/c1-12(13-8-6-5-7-9-13)19-16-18-11-10-14(20-16)15(22)21-17(2,3)4/h5-12H,1-4H3,(H,21,22)(H,18,19,20). The molecule has 22 heavy (non-hydrogen) atoms. The maximum atomic E-state index is 12.1. The van der Waals surface area contributed by atoms with Crippen molar-refractivity contribution in [2.24, 2.45) is 0 Å². The van der Waals surface area contributed by atoms with Gasteiger partial charge < -0.3 is 10.6 Å². The fourth-order valence-electron chi connectivity index (χ4n) is 1.98. The quantitative estimate of drug-likeness (QED) is 0.909. The van der Waals surface area contributed by atoms with Crippen LogP contribution in [0.25, 0.3) is 0 Å². The summed E-state index contributed by atoms with van der Waals surface area (Å²) in [5.74, 6) is 0.239. The van der Waals surface area contributed by atoms with Crippen LogP contribution in [0.3, 0.4) is 0 Å². The van der Waals surface area contributed by atoms with E-state index in [1.54, 1.807) is 12.3 Å². The lowest BCUT2D eigenvalue weighted by Crippen LogP contribution is -2.41. The molecule has 0 radical (unpaired) electrons. The summed E-state index contributed by atoms with van der Waals surface area (Å²) < 4.78 is 0. The molecule has 0 aliphatic carbocycles. The highest BCUT2D eigenvalue weighted by Gasteiger charge is 2.17. The molecule has 0 aliphatic heterocycles. The van der Waals surface area contributed by atoms with Gasteiger partial charge in [-0.1, -0.05) is 30.3 Å². The van der Waals surface area contributed by atoms with E-state index in [0.717, 1.165) is 5.56 Å². The fourth-order valence-corrected chi connectivity index (χ4v) is 1.98. The molecule has 0 fully saturated rings. The summed E-state index contributed by atoms with van der Waals surface area (Å²) in [5, 5.41) is 6.10. The molecule has 1 atom stereocenters. The molecular weight excluding hydrogens is 276 g/mol. The number of carbonyl (C=O) groups excluding carboxylic acids is 1. The van der Waals surface area contributed by atoms with Crippen molar-refractivity contribution >= 4 is 11.9 Å². The van der Waals surface area contributed by atoms with E-state index in [-0.39, 0.29) is 17.5 Å². The average molecular weight is 298 g/mol. The molecule has 5 nitrogen and oxygen atoms in total. The van der Waals surface area contributed by atoms with Crippen LogP contribution in [-0.2, 0) is 0 Å². The Kier molecular flexibility index (Phi) is 4.75. The van der Waals surface area contributed by atoms with E-state index in [2.05, 4.69) is 20.6 Å². The Hall–Kier alpha value is -2.43. The summed E-state index contributed by atoms with van der Waals surface area (Å²) >= 11 is 0. The number of hydrogen-bond donors (Lipinski definition) is 2. The van der Waals surface area contributed by atoms with Gasteiger partial charge in [-0.2, -0.15) is 0 Å². The molecule has 116 valence electrons. The zero-order valence-electron chi connectivity index (χ0n) is 13.4. The first-order chi connectivity index (χ1) is 10.3. The number of nitrogens with one attached hydrogen (secondary N) is 2. The first-order valence-electron chi connectivity index (χ1n) is 7.32. The smallest absolute Gasteiger partial charge is 0.270 e. The number of carbonyl (C=O) groups is 1. The third-order valence-corrected chi connectivity index (χ3v) is 3.02. The van der Waals surface area contributed by atoms with Crippen LogP contribution in [0.2, 0.25) is 0 Å². The van der Waals surface area contributed by atoms with Crippen LogP contribution in [-0.4, -0.2) is 21.4 Å². The largest absolute Gasteiger partial charge is 0.348 e. The molecule has 1 aromatic heterocycles.